The Kier molecular flexibility index (Phi) is 1.46. The largest absolute Gasteiger partial charge is 0.247 e. The summed E-state index contributed by atoms with van der Waals surface area (Å²) in [5, 5.41) is 0. The Morgan fingerprint density at radius 3 is 2.00 bits per heavy atom. The van der Waals surface area contributed by atoms with Crippen LogP contribution in [0.3, 0.4) is 0 Å². The predicted molar refractivity (Wildman–Crippen MR) is 41.5 cm³/mol. The van der Waals surface area contributed by atoms with Crippen LogP contribution in [0.1, 0.15) is 32.1 Å². The van der Waals surface area contributed by atoms with Gasteiger partial charge in [0, 0.05) is 12.1 Å². The molecule has 0 spiro atoms. The van der Waals surface area contributed by atoms with E-state index in [-0.39, 0.29) is 0 Å². The number of piperidine rings is 1. The number of rotatable bonds is 0. The van der Waals surface area contributed by atoms with Crippen LogP contribution < -0.4 is 0 Å². The smallest absolute Gasteiger partial charge is 0.0203 e. The molecule has 2 heteroatoms. The van der Waals surface area contributed by atoms with Crippen molar-refractivity contribution in [1.29, 1.82) is 0 Å². The summed E-state index contributed by atoms with van der Waals surface area (Å²) in [7, 11) is 0. The minimum absolute atomic E-state index is 0.826. The van der Waals surface area contributed by atoms with Crippen LogP contribution in [-0.2, 0) is 0 Å². The van der Waals surface area contributed by atoms with Gasteiger partial charge in [-0.3, -0.25) is 0 Å². The fourth-order valence-electron chi connectivity index (χ4n) is 2.09. The first-order chi connectivity index (χ1) is 4.38. The van der Waals surface area contributed by atoms with Crippen molar-refractivity contribution in [2.24, 2.45) is 0 Å². The fraction of sp³-hybridized carbons (Fsp3) is 1.00. The van der Waals surface area contributed by atoms with Gasteiger partial charge in [-0.25, -0.2) is 4.31 Å². The molecule has 2 unspecified atom stereocenters. The number of fused-ring (bicyclic) bond motifs is 2. The van der Waals surface area contributed by atoms with Crippen molar-refractivity contribution in [2.75, 3.05) is 0 Å². The van der Waals surface area contributed by atoms with Crippen molar-refractivity contribution in [3.05, 3.63) is 0 Å². The highest BCUT2D eigenvalue weighted by Crippen LogP contribution is 2.36. The van der Waals surface area contributed by atoms with Crippen LogP contribution in [0.25, 0.3) is 0 Å². The summed E-state index contributed by atoms with van der Waals surface area (Å²) in [4.78, 5) is 0. The van der Waals surface area contributed by atoms with Crippen molar-refractivity contribution in [3.8, 4) is 0 Å². The standard InChI is InChI=1S/C7H13NS/c9-8-6-2-1-3-7(8)5-4-6/h6-7,9H,1-5H2. The van der Waals surface area contributed by atoms with Crippen LogP contribution in [0, 0.1) is 0 Å². The van der Waals surface area contributed by atoms with Crippen molar-refractivity contribution >= 4 is 12.8 Å². The van der Waals surface area contributed by atoms with Gasteiger partial charge in [0.05, 0.1) is 0 Å². The van der Waals surface area contributed by atoms with Crippen LogP contribution in [0.15, 0.2) is 0 Å². The molecule has 52 valence electrons. The zero-order valence-corrected chi connectivity index (χ0v) is 6.48. The zero-order chi connectivity index (χ0) is 6.27. The first-order valence-electron chi connectivity index (χ1n) is 3.85. The first kappa shape index (κ1) is 6.05. The molecule has 0 aromatic heterocycles. The molecule has 0 amide bonds. The topological polar surface area (TPSA) is 3.24 Å². The van der Waals surface area contributed by atoms with Crippen LogP contribution >= 0.6 is 12.8 Å². The van der Waals surface area contributed by atoms with E-state index in [9.17, 15) is 0 Å². The van der Waals surface area contributed by atoms with Gasteiger partial charge in [0.25, 0.3) is 0 Å². The third kappa shape index (κ3) is 0.887. The number of hydrogen-bond acceptors (Lipinski definition) is 2. The van der Waals surface area contributed by atoms with Gasteiger partial charge in [0.15, 0.2) is 0 Å². The van der Waals surface area contributed by atoms with E-state index in [1.807, 2.05) is 0 Å². The second-order valence-electron chi connectivity index (χ2n) is 3.20. The predicted octanol–water partition coefficient (Wildman–Crippen LogP) is 1.85. The fourth-order valence-corrected chi connectivity index (χ4v) is 2.55. The lowest BCUT2D eigenvalue weighted by molar-refractivity contribution is 0.274. The molecule has 2 aliphatic rings. The van der Waals surface area contributed by atoms with Gasteiger partial charge in [-0.15, -0.1) is 0 Å². The summed E-state index contributed by atoms with van der Waals surface area (Å²) in [6.45, 7) is 0. The Bertz CT molecular complexity index is 99.5. The summed E-state index contributed by atoms with van der Waals surface area (Å²) < 4.78 is 2.28. The van der Waals surface area contributed by atoms with E-state index in [0.717, 1.165) is 12.1 Å². The molecule has 0 aliphatic carbocycles. The van der Waals surface area contributed by atoms with Gasteiger partial charge < -0.3 is 0 Å². The zero-order valence-electron chi connectivity index (χ0n) is 5.58. The molecular weight excluding hydrogens is 130 g/mol. The Morgan fingerprint density at radius 1 is 1.00 bits per heavy atom. The molecule has 2 bridgehead atoms. The van der Waals surface area contributed by atoms with E-state index < -0.39 is 0 Å². The molecule has 0 saturated carbocycles. The molecule has 0 N–H and O–H groups in total. The van der Waals surface area contributed by atoms with Gasteiger partial charge in [0.2, 0.25) is 0 Å². The van der Waals surface area contributed by atoms with E-state index in [1.54, 1.807) is 0 Å². The highest BCUT2D eigenvalue weighted by Gasteiger charge is 2.34. The van der Waals surface area contributed by atoms with Crippen LogP contribution in [0.5, 0.6) is 0 Å². The van der Waals surface area contributed by atoms with E-state index in [1.165, 1.54) is 32.1 Å². The minimum atomic E-state index is 0.826. The van der Waals surface area contributed by atoms with Crippen LogP contribution in [0.2, 0.25) is 0 Å². The van der Waals surface area contributed by atoms with Gasteiger partial charge in [0.1, 0.15) is 0 Å². The molecule has 9 heavy (non-hydrogen) atoms. The molecule has 2 aliphatic heterocycles. The van der Waals surface area contributed by atoms with Crippen LogP contribution in [-0.4, -0.2) is 16.4 Å². The molecule has 2 fully saturated rings. The third-order valence-electron chi connectivity index (χ3n) is 2.66. The van der Waals surface area contributed by atoms with Crippen LogP contribution in [0.4, 0.5) is 0 Å². The average molecular weight is 143 g/mol. The first-order valence-corrected chi connectivity index (χ1v) is 4.25. The highest BCUT2D eigenvalue weighted by atomic mass is 32.1. The summed E-state index contributed by atoms with van der Waals surface area (Å²) in [5.74, 6) is 0. The molecule has 0 aromatic carbocycles. The van der Waals surface area contributed by atoms with E-state index >= 15 is 0 Å². The van der Waals surface area contributed by atoms with Gasteiger partial charge >= 0.3 is 0 Å². The number of nitrogens with zero attached hydrogens (tertiary/aromatic N) is 1. The Morgan fingerprint density at radius 2 is 1.56 bits per heavy atom. The second kappa shape index (κ2) is 2.17. The lowest BCUT2D eigenvalue weighted by Crippen LogP contribution is -2.31. The lowest BCUT2D eigenvalue weighted by Gasteiger charge is -2.29. The average Bonchev–Trinajstić information content (AvgIpc) is 2.19. The van der Waals surface area contributed by atoms with Crippen molar-refractivity contribution < 1.29 is 0 Å². The summed E-state index contributed by atoms with van der Waals surface area (Å²) >= 11 is 4.45. The second-order valence-corrected chi connectivity index (χ2v) is 3.66. The SMILES string of the molecule is SN1C2CCCC1CC2. The number of hydrogen-bond donors (Lipinski definition) is 1. The highest BCUT2D eigenvalue weighted by molar-refractivity contribution is 7.77. The minimum Gasteiger partial charge on any atom is -0.247 e. The van der Waals surface area contributed by atoms with E-state index in [4.69, 9.17) is 0 Å². The van der Waals surface area contributed by atoms with Gasteiger partial charge in [-0.1, -0.05) is 19.2 Å². The molecular formula is C7H13NS. The maximum absolute atomic E-state index is 4.45. The van der Waals surface area contributed by atoms with Crippen molar-refractivity contribution in [2.45, 2.75) is 44.2 Å². The normalized spacial score (nSPS) is 43.7. The Hall–Kier alpha value is 0.310. The van der Waals surface area contributed by atoms with E-state index in [0.29, 0.717) is 0 Å². The molecule has 2 heterocycles. The monoisotopic (exact) mass is 143 g/mol. The third-order valence-corrected chi connectivity index (χ3v) is 3.31. The van der Waals surface area contributed by atoms with Crippen molar-refractivity contribution in [1.82, 2.24) is 4.31 Å². The molecule has 2 atom stereocenters. The Labute approximate surface area is 62.0 Å². The molecule has 0 aromatic rings. The Balaban J connectivity index is 2.10. The maximum atomic E-state index is 4.45. The quantitative estimate of drug-likeness (QED) is 0.506. The van der Waals surface area contributed by atoms with Gasteiger partial charge in [-0.2, -0.15) is 0 Å². The maximum Gasteiger partial charge on any atom is 0.0203 e. The summed E-state index contributed by atoms with van der Waals surface area (Å²) in [5.41, 5.74) is 0. The molecule has 0 radical (unpaired) electrons. The van der Waals surface area contributed by atoms with E-state index in [2.05, 4.69) is 17.1 Å². The molecule has 2 rings (SSSR count). The molecule has 2 saturated heterocycles. The van der Waals surface area contributed by atoms with Crippen molar-refractivity contribution in [3.63, 3.8) is 0 Å². The summed E-state index contributed by atoms with van der Waals surface area (Å²) in [6, 6.07) is 1.65. The lowest BCUT2D eigenvalue weighted by atomic mass is 10.1. The van der Waals surface area contributed by atoms with Gasteiger partial charge in [-0.05, 0) is 25.7 Å². The molecule has 1 nitrogen and oxygen atoms in total. The number of thiol groups is 1. The summed E-state index contributed by atoms with van der Waals surface area (Å²) in [6.07, 6.45) is 7.01.